The molecule has 0 aliphatic carbocycles. The van der Waals surface area contributed by atoms with Crippen LogP contribution < -0.4 is 15.0 Å². The van der Waals surface area contributed by atoms with Crippen LogP contribution in [0.3, 0.4) is 0 Å². The fourth-order valence-corrected chi connectivity index (χ4v) is 4.00. The van der Waals surface area contributed by atoms with E-state index in [-0.39, 0.29) is 30.7 Å². The van der Waals surface area contributed by atoms with E-state index in [1.807, 2.05) is 0 Å². The lowest BCUT2D eigenvalue weighted by atomic mass is 10.1. The van der Waals surface area contributed by atoms with Crippen LogP contribution >= 0.6 is 24.0 Å². The number of hydrogen-bond acceptors (Lipinski definition) is 7. The van der Waals surface area contributed by atoms with E-state index < -0.39 is 4.92 Å². The highest BCUT2D eigenvalue weighted by molar-refractivity contribution is 8.26. The monoisotopic (exact) mass is 427 g/mol. The first-order chi connectivity index (χ1) is 13.9. The van der Waals surface area contributed by atoms with Gasteiger partial charge in [0.15, 0.2) is 6.61 Å². The van der Waals surface area contributed by atoms with E-state index in [2.05, 4.69) is 5.32 Å². The highest BCUT2D eigenvalue weighted by Crippen LogP contribution is 2.35. The number of benzene rings is 2. The number of nitro benzene ring substituents is 1. The average molecular weight is 427 g/mol. The fraction of sp³-hybridized carbons (Fsp3) is 0.105. The number of rotatable bonds is 4. The van der Waals surface area contributed by atoms with Crippen molar-refractivity contribution in [2.24, 2.45) is 0 Å². The Morgan fingerprint density at radius 1 is 1.24 bits per heavy atom. The van der Waals surface area contributed by atoms with Crippen molar-refractivity contribution in [1.29, 1.82) is 0 Å². The zero-order valence-electron chi connectivity index (χ0n) is 14.8. The minimum absolute atomic E-state index is 0.0124. The molecule has 1 saturated heterocycles. The number of nitro groups is 1. The summed E-state index contributed by atoms with van der Waals surface area (Å²) in [6, 6.07) is 11.3. The third kappa shape index (κ3) is 3.98. The summed E-state index contributed by atoms with van der Waals surface area (Å²) in [6.45, 7) is 0.152. The Labute approximate surface area is 174 Å². The molecule has 2 aromatic carbocycles. The number of anilines is 1. The second-order valence-electron chi connectivity index (χ2n) is 6.27. The molecule has 29 heavy (non-hydrogen) atoms. The molecule has 0 unspecified atom stereocenters. The number of amides is 2. The largest absolute Gasteiger partial charge is 0.482 e. The van der Waals surface area contributed by atoms with Crippen molar-refractivity contribution in [1.82, 2.24) is 5.32 Å². The molecule has 10 heteroatoms. The molecular formula is C19H13N3O5S2. The first-order valence-electron chi connectivity index (χ1n) is 8.46. The Morgan fingerprint density at radius 3 is 2.66 bits per heavy atom. The molecule has 8 nitrogen and oxygen atoms in total. The highest BCUT2D eigenvalue weighted by Gasteiger charge is 2.27. The topological polar surface area (TPSA) is 102 Å². The van der Waals surface area contributed by atoms with Gasteiger partial charge >= 0.3 is 0 Å². The van der Waals surface area contributed by atoms with Gasteiger partial charge in [-0.3, -0.25) is 19.7 Å². The Morgan fingerprint density at radius 2 is 2.00 bits per heavy atom. The van der Waals surface area contributed by atoms with Gasteiger partial charge in [0.05, 0.1) is 22.1 Å². The van der Waals surface area contributed by atoms with Crippen LogP contribution in [0.4, 0.5) is 11.4 Å². The normalized spacial score (nSPS) is 17.2. The van der Waals surface area contributed by atoms with Crippen molar-refractivity contribution in [3.05, 3.63) is 68.6 Å². The van der Waals surface area contributed by atoms with Gasteiger partial charge in [-0.2, -0.15) is 0 Å². The number of nitrogens with zero attached hydrogens (tertiary/aromatic N) is 2. The zero-order valence-corrected chi connectivity index (χ0v) is 16.4. The molecule has 0 aromatic heterocycles. The molecule has 146 valence electrons. The number of nitrogens with one attached hydrogen (secondary N) is 1. The molecular weight excluding hydrogens is 414 g/mol. The van der Waals surface area contributed by atoms with Crippen molar-refractivity contribution < 1.29 is 19.2 Å². The molecule has 4 rings (SSSR count). The predicted octanol–water partition coefficient (Wildman–Crippen LogP) is 3.01. The third-order valence-electron chi connectivity index (χ3n) is 4.35. The lowest BCUT2D eigenvalue weighted by Crippen LogP contribution is -2.38. The molecule has 0 bridgehead atoms. The maximum absolute atomic E-state index is 12.5. The standard InChI is InChI=1S/C19H13N3O5S2/c23-17-10-27-15-6-3-12(8-16-18(24)20-19(28)29-16)7-14(15)21(17)9-11-1-4-13(5-2-11)22(25)26/h1-8H,9-10H2,(H,20,24,28)/b16-8+. The van der Waals surface area contributed by atoms with Crippen LogP contribution in [0.1, 0.15) is 11.1 Å². The van der Waals surface area contributed by atoms with Gasteiger partial charge in [0.1, 0.15) is 10.1 Å². The molecule has 2 heterocycles. The quantitative estimate of drug-likeness (QED) is 0.346. The molecule has 1 N–H and O–H groups in total. The van der Waals surface area contributed by atoms with Gasteiger partial charge in [0.25, 0.3) is 17.5 Å². The first-order valence-corrected chi connectivity index (χ1v) is 9.68. The lowest BCUT2D eigenvalue weighted by molar-refractivity contribution is -0.384. The molecule has 0 radical (unpaired) electrons. The number of thiocarbonyl (C=S) groups is 1. The molecule has 2 amide bonds. The number of hydrogen-bond donors (Lipinski definition) is 1. The van der Waals surface area contributed by atoms with E-state index in [1.54, 1.807) is 41.3 Å². The Hall–Kier alpha value is -3.24. The summed E-state index contributed by atoms with van der Waals surface area (Å²) in [5.41, 5.74) is 2.02. The maximum Gasteiger partial charge on any atom is 0.269 e. The SMILES string of the molecule is O=C1NC(=S)S/C1=C/c1ccc2c(c1)N(Cc1ccc([N+](=O)[O-])cc1)C(=O)CO2. The molecule has 0 saturated carbocycles. The van der Waals surface area contributed by atoms with Crippen LogP contribution in [0.2, 0.25) is 0 Å². The van der Waals surface area contributed by atoms with E-state index in [1.165, 1.54) is 23.9 Å². The van der Waals surface area contributed by atoms with Gasteiger partial charge in [-0.15, -0.1) is 0 Å². The van der Waals surface area contributed by atoms with Crippen LogP contribution in [-0.2, 0) is 16.1 Å². The van der Waals surface area contributed by atoms with Crippen LogP contribution in [0, 0.1) is 10.1 Å². The van der Waals surface area contributed by atoms with Crippen molar-refractivity contribution in [3.63, 3.8) is 0 Å². The zero-order chi connectivity index (χ0) is 20.5. The van der Waals surface area contributed by atoms with Crippen molar-refractivity contribution >= 4 is 57.6 Å². The number of fused-ring (bicyclic) bond motifs is 1. The number of non-ortho nitro benzene ring substituents is 1. The number of carbonyl (C=O) groups is 2. The summed E-state index contributed by atoms with van der Waals surface area (Å²) in [7, 11) is 0. The van der Waals surface area contributed by atoms with Gasteiger partial charge < -0.3 is 15.0 Å². The highest BCUT2D eigenvalue weighted by atomic mass is 32.2. The van der Waals surface area contributed by atoms with Gasteiger partial charge in [0.2, 0.25) is 0 Å². The van der Waals surface area contributed by atoms with E-state index in [9.17, 15) is 19.7 Å². The van der Waals surface area contributed by atoms with Gasteiger partial charge in [-0.25, -0.2) is 0 Å². The molecule has 2 aromatic rings. The Balaban J connectivity index is 1.64. The smallest absolute Gasteiger partial charge is 0.269 e. The predicted molar refractivity (Wildman–Crippen MR) is 113 cm³/mol. The van der Waals surface area contributed by atoms with Crippen LogP contribution in [-0.4, -0.2) is 27.7 Å². The summed E-state index contributed by atoms with van der Waals surface area (Å²) < 4.78 is 5.91. The summed E-state index contributed by atoms with van der Waals surface area (Å²) >= 11 is 6.17. The van der Waals surface area contributed by atoms with Crippen LogP contribution in [0.5, 0.6) is 5.75 Å². The van der Waals surface area contributed by atoms with E-state index in [4.69, 9.17) is 17.0 Å². The first kappa shape index (κ1) is 19.1. The van der Waals surface area contributed by atoms with Gasteiger partial charge in [-0.05, 0) is 29.3 Å². The van der Waals surface area contributed by atoms with Gasteiger partial charge in [0, 0.05) is 12.1 Å². The summed E-state index contributed by atoms with van der Waals surface area (Å²) in [6.07, 6.45) is 1.70. The van der Waals surface area contributed by atoms with E-state index in [0.29, 0.717) is 20.7 Å². The lowest BCUT2D eigenvalue weighted by Gasteiger charge is -2.29. The van der Waals surface area contributed by atoms with Crippen molar-refractivity contribution in [2.45, 2.75) is 6.54 Å². The van der Waals surface area contributed by atoms with E-state index in [0.717, 1.165) is 11.1 Å². The number of carbonyl (C=O) groups excluding carboxylic acids is 2. The second-order valence-corrected chi connectivity index (χ2v) is 7.99. The van der Waals surface area contributed by atoms with Crippen molar-refractivity contribution in [2.75, 3.05) is 11.5 Å². The summed E-state index contributed by atoms with van der Waals surface area (Å²) in [5.74, 6) is 0.0651. The van der Waals surface area contributed by atoms with Gasteiger partial charge in [-0.1, -0.05) is 42.2 Å². The minimum atomic E-state index is -0.471. The molecule has 0 spiro atoms. The average Bonchev–Trinajstić information content (AvgIpc) is 3.01. The van der Waals surface area contributed by atoms with Crippen LogP contribution in [0.25, 0.3) is 6.08 Å². The molecule has 1 fully saturated rings. The molecule has 2 aliphatic rings. The van der Waals surface area contributed by atoms with Crippen molar-refractivity contribution in [3.8, 4) is 5.75 Å². The second kappa shape index (κ2) is 7.64. The summed E-state index contributed by atoms with van der Waals surface area (Å²) in [5, 5.41) is 13.4. The third-order valence-corrected chi connectivity index (χ3v) is 5.52. The fourth-order valence-electron chi connectivity index (χ4n) is 2.96. The Kier molecular flexibility index (Phi) is 5.03. The summed E-state index contributed by atoms with van der Waals surface area (Å²) in [4.78, 5) is 36.8. The number of ether oxygens (including phenoxy) is 1. The van der Waals surface area contributed by atoms with Crippen LogP contribution in [0.15, 0.2) is 47.4 Å². The minimum Gasteiger partial charge on any atom is -0.482 e. The molecule has 2 aliphatic heterocycles. The number of thioether (sulfide) groups is 1. The maximum atomic E-state index is 12.5. The Bertz CT molecular complexity index is 1080. The molecule has 0 atom stereocenters. The van der Waals surface area contributed by atoms with E-state index >= 15 is 0 Å².